The van der Waals surface area contributed by atoms with Crippen molar-refractivity contribution in [3.8, 4) is 0 Å². The van der Waals surface area contributed by atoms with E-state index in [0.29, 0.717) is 13.0 Å². The van der Waals surface area contributed by atoms with Gasteiger partial charge in [0.2, 0.25) is 5.91 Å². The van der Waals surface area contributed by atoms with Crippen LogP contribution in [0.1, 0.15) is 41.0 Å². The van der Waals surface area contributed by atoms with E-state index < -0.39 is 0 Å². The molecule has 1 amide bonds. The van der Waals surface area contributed by atoms with Gasteiger partial charge >= 0.3 is 0 Å². The van der Waals surface area contributed by atoms with Crippen LogP contribution in [-0.4, -0.2) is 66.2 Å². The van der Waals surface area contributed by atoms with Crippen molar-refractivity contribution in [1.82, 2.24) is 9.80 Å². The van der Waals surface area contributed by atoms with Gasteiger partial charge in [-0.15, -0.1) is 0 Å². The third-order valence-corrected chi connectivity index (χ3v) is 3.91. The van der Waals surface area contributed by atoms with Crippen molar-refractivity contribution in [2.75, 3.05) is 32.7 Å². The molecule has 0 saturated carbocycles. The van der Waals surface area contributed by atoms with Crippen LogP contribution in [0.15, 0.2) is 0 Å². The van der Waals surface area contributed by atoms with Crippen molar-refractivity contribution in [2.45, 2.75) is 58.8 Å². The predicted octanol–water partition coefficient (Wildman–Crippen LogP) is 1.07. The van der Waals surface area contributed by atoms with Gasteiger partial charge in [-0.2, -0.15) is 0 Å². The first-order valence-corrected chi connectivity index (χ1v) is 7.72. The molecule has 20 heavy (non-hydrogen) atoms. The van der Waals surface area contributed by atoms with Gasteiger partial charge in [-0.3, -0.25) is 9.69 Å². The van der Waals surface area contributed by atoms with Crippen molar-refractivity contribution in [2.24, 2.45) is 5.73 Å². The van der Waals surface area contributed by atoms with E-state index in [9.17, 15) is 4.79 Å². The van der Waals surface area contributed by atoms with Gasteiger partial charge in [0, 0.05) is 45.2 Å². The predicted molar refractivity (Wildman–Crippen MR) is 81.6 cm³/mol. The van der Waals surface area contributed by atoms with E-state index >= 15 is 0 Å². The fourth-order valence-corrected chi connectivity index (χ4v) is 3.05. The highest BCUT2D eigenvalue weighted by Gasteiger charge is 2.35. The van der Waals surface area contributed by atoms with E-state index in [1.54, 1.807) is 0 Å². The average molecular weight is 285 g/mol. The quantitative estimate of drug-likeness (QED) is 0.793. The molecule has 1 rings (SSSR count). The van der Waals surface area contributed by atoms with Gasteiger partial charge in [0.15, 0.2) is 0 Å². The maximum atomic E-state index is 12.3. The summed E-state index contributed by atoms with van der Waals surface area (Å²) in [4.78, 5) is 16.5. The molecule has 0 aromatic heterocycles. The van der Waals surface area contributed by atoms with Crippen molar-refractivity contribution < 1.29 is 9.53 Å². The van der Waals surface area contributed by atoms with E-state index in [-0.39, 0.29) is 23.7 Å². The lowest BCUT2D eigenvalue weighted by Crippen LogP contribution is -2.57. The molecule has 118 valence electrons. The zero-order chi connectivity index (χ0) is 15.3. The summed E-state index contributed by atoms with van der Waals surface area (Å²) in [6, 6.07) is 0.105. The highest BCUT2D eigenvalue weighted by atomic mass is 16.5. The molecule has 1 saturated heterocycles. The molecular formula is C15H31N3O2. The van der Waals surface area contributed by atoms with E-state index in [1.165, 1.54) is 0 Å². The fourth-order valence-electron chi connectivity index (χ4n) is 3.05. The molecule has 0 spiro atoms. The van der Waals surface area contributed by atoms with Crippen LogP contribution in [0.2, 0.25) is 0 Å². The summed E-state index contributed by atoms with van der Waals surface area (Å²) >= 11 is 0. The number of ether oxygens (including phenoxy) is 1. The molecule has 0 radical (unpaired) electrons. The Morgan fingerprint density at radius 3 is 2.50 bits per heavy atom. The van der Waals surface area contributed by atoms with Crippen molar-refractivity contribution >= 4 is 5.91 Å². The Morgan fingerprint density at radius 1 is 1.45 bits per heavy atom. The summed E-state index contributed by atoms with van der Waals surface area (Å²) in [5.41, 5.74) is 5.74. The summed E-state index contributed by atoms with van der Waals surface area (Å²) in [5, 5.41) is 0. The standard InChI is InChI=1S/C15H31N3O2/c1-6-17(7-2)14(19)8-13(9-16)18-10-12(3)20-15(4,5)11-18/h12-13H,6-11,16H2,1-5H3. The van der Waals surface area contributed by atoms with Crippen LogP contribution in [0.25, 0.3) is 0 Å². The van der Waals surface area contributed by atoms with Gasteiger partial charge in [-0.05, 0) is 34.6 Å². The fraction of sp³-hybridized carbons (Fsp3) is 0.933. The number of nitrogens with two attached hydrogens (primary N) is 1. The minimum atomic E-state index is -0.177. The van der Waals surface area contributed by atoms with Gasteiger partial charge in [0.1, 0.15) is 0 Å². The average Bonchev–Trinajstić information content (AvgIpc) is 2.34. The molecule has 1 heterocycles. The number of carbonyl (C=O) groups is 1. The van der Waals surface area contributed by atoms with Crippen molar-refractivity contribution in [1.29, 1.82) is 0 Å². The number of amides is 1. The number of hydrogen-bond acceptors (Lipinski definition) is 4. The van der Waals surface area contributed by atoms with Crippen LogP contribution in [-0.2, 0) is 9.53 Å². The van der Waals surface area contributed by atoms with Crippen molar-refractivity contribution in [3.63, 3.8) is 0 Å². The van der Waals surface area contributed by atoms with Gasteiger partial charge in [0.05, 0.1) is 11.7 Å². The van der Waals surface area contributed by atoms with Crippen LogP contribution in [0, 0.1) is 0 Å². The smallest absolute Gasteiger partial charge is 0.224 e. The lowest BCUT2D eigenvalue weighted by molar-refractivity contribution is -0.145. The Hall–Kier alpha value is -0.650. The second-order valence-electron chi connectivity index (χ2n) is 6.28. The molecule has 2 unspecified atom stereocenters. The molecule has 1 fully saturated rings. The molecule has 5 nitrogen and oxygen atoms in total. The minimum absolute atomic E-state index is 0.105. The highest BCUT2D eigenvalue weighted by molar-refractivity contribution is 5.76. The maximum Gasteiger partial charge on any atom is 0.224 e. The lowest BCUT2D eigenvalue weighted by Gasteiger charge is -2.45. The molecule has 0 aromatic rings. The third-order valence-electron chi connectivity index (χ3n) is 3.91. The number of morpholine rings is 1. The van der Waals surface area contributed by atoms with Crippen molar-refractivity contribution in [3.05, 3.63) is 0 Å². The van der Waals surface area contributed by atoms with Crippen LogP contribution >= 0.6 is 0 Å². The Labute approximate surface area is 123 Å². The zero-order valence-electron chi connectivity index (χ0n) is 13.7. The Bertz CT molecular complexity index is 316. The molecule has 1 aliphatic heterocycles. The van der Waals surface area contributed by atoms with Crippen LogP contribution < -0.4 is 5.73 Å². The van der Waals surface area contributed by atoms with Gasteiger partial charge in [0.25, 0.3) is 0 Å². The molecule has 2 N–H and O–H groups in total. The molecular weight excluding hydrogens is 254 g/mol. The normalized spacial score (nSPS) is 24.4. The van der Waals surface area contributed by atoms with E-state index in [4.69, 9.17) is 10.5 Å². The Balaban J connectivity index is 2.68. The monoisotopic (exact) mass is 285 g/mol. The van der Waals surface area contributed by atoms with E-state index in [2.05, 4.69) is 25.7 Å². The van der Waals surface area contributed by atoms with Crippen LogP contribution in [0.3, 0.4) is 0 Å². The van der Waals surface area contributed by atoms with Crippen LogP contribution in [0.5, 0.6) is 0 Å². The number of nitrogens with zero attached hydrogens (tertiary/aromatic N) is 2. The van der Waals surface area contributed by atoms with E-state index in [0.717, 1.165) is 26.2 Å². The first-order chi connectivity index (χ1) is 9.32. The second-order valence-corrected chi connectivity index (χ2v) is 6.28. The van der Waals surface area contributed by atoms with Gasteiger partial charge in [-0.25, -0.2) is 0 Å². The summed E-state index contributed by atoms with van der Waals surface area (Å²) < 4.78 is 5.92. The van der Waals surface area contributed by atoms with Crippen LogP contribution in [0.4, 0.5) is 0 Å². The molecule has 0 bridgehead atoms. The maximum absolute atomic E-state index is 12.3. The topological polar surface area (TPSA) is 58.8 Å². The second kappa shape index (κ2) is 7.38. The molecule has 0 aromatic carbocycles. The Morgan fingerprint density at radius 2 is 2.05 bits per heavy atom. The third kappa shape index (κ3) is 4.72. The number of rotatable bonds is 6. The number of hydrogen-bond donors (Lipinski definition) is 1. The first-order valence-electron chi connectivity index (χ1n) is 7.72. The summed E-state index contributed by atoms with van der Waals surface area (Å²) in [7, 11) is 0. The molecule has 5 heteroatoms. The largest absolute Gasteiger partial charge is 0.370 e. The lowest BCUT2D eigenvalue weighted by atomic mass is 10.0. The summed E-state index contributed by atoms with van der Waals surface area (Å²) in [6.07, 6.45) is 0.678. The SMILES string of the molecule is CCN(CC)C(=O)CC(CN)N1CC(C)OC(C)(C)C1. The summed E-state index contributed by atoms with van der Waals surface area (Å²) in [5.74, 6) is 0.197. The number of carbonyl (C=O) groups excluding carboxylic acids is 1. The molecule has 2 atom stereocenters. The molecule has 1 aliphatic rings. The Kier molecular flexibility index (Phi) is 6.43. The minimum Gasteiger partial charge on any atom is -0.370 e. The molecule has 0 aliphatic carbocycles. The highest BCUT2D eigenvalue weighted by Crippen LogP contribution is 2.23. The zero-order valence-corrected chi connectivity index (χ0v) is 13.7. The van der Waals surface area contributed by atoms with Gasteiger partial charge < -0.3 is 15.4 Å². The summed E-state index contributed by atoms with van der Waals surface area (Å²) in [6.45, 7) is 14.0. The van der Waals surface area contributed by atoms with Gasteiger partial charge in [-0.1, -0.05) is 0 Å². The first kappa shape index (κ1) is 17.4. The van der Waals surface area contributed by atoms with E-state index in [1.807, 2.05) is 18.7 Å².